The van der Waals surface area contributed by atoms with Gasteiger partial charge in [-0.1, -0.05) is 12.1 Å². The van der Waals surface area contributed by atoms with Crippen molar-refractivity contribution < 1.29 is 4.79 Å². The number of carbonyl (C=O) groups excluding carboxylic acids is 1. The third kappa shape index (κ3) is 3.17. The minimum Gasteiger partial charge on any atom is -0.341 e. The summed E-state index contributed by atoms with van der Waals surface area (Å²) in [5, 5.41) is 13.1. The van der Waals surface area contributed by atoms with E-state index in [0.29, 0.717) is 24.2 Å². The van der Waals surface area contributed by atoms with Crippen molar-refractivity contribution in [1.82, 2.24) is 29.9 Å². The highest BCUT2D eigenvalue weighted by atomic mass is 16.2. The molecule has 1 amide bonds. The fourth-order valence-corrected chi connectivity index (χ4v) is 4.40. The standard InChI is InChI=1S/C23H22N8O/c1-29(17-5-6-17)23-24-11-16-13-27-31(22(16)28-23)14-21(32)30-10-8-19-18(3-2-4-20(19)30)15-7-9-25-26-12-15/h2-4,7,9,11-13,17H,5-6,8,10,14H2,1H3. The molecule has 6 rings (SSSR count). The molecule has 4 heterocycles. The van der Waals surface area contributed by atoms with Crippen LogP contribution in [0.25, 0.3) is 22.2 Å². The van der Waals surface area contributed by atoms with E-state index in [1.165, 1.54) is 12.8 Å². The van der Waals surface area contributed by atoms with Gasteiger partial charge in [-0.2, -0.15) is 20.3 Å². The first-order valence-electron chi connectivity index (χ1n) is 10.8. The third-order valence-electron chi connectivity index (χ3n) is 6.28. The molecule has 0 N–H and O–H groups in total. The van der Waals surface area contributed by atoms with Gasteiger partial charge in [0, 0.05) is 37.1 Å². The summed E-state index contributed by atoms with van der Waals surface area (Å²) in [7, 11) is 2.02. The van der Waals surface area contributed by atoms with Crippen LogP contribution in [-0.4, -0.2) is 55.5 Å². The maximum Gasteiger partial charge on any atom is 0.248 e. The van der Waals surface area contributed by atoms with Gasteiger partial charge in [-0.05, 0) is 42.5 Å². The molecule has 0 atom stereocenters. The lowest BCUT2D eigenvalue weighted by Gasteiger charge is -2.18. The van der Waals surface area contributed by atoms with Gasteiger partial charge in [0.05, 0.1) is 24.0 Å². The van der Waals surface area contributed by atoms with E-state index >= 15 is 0 Å². The Balaban J connectivity index is 1.28. The molecule has 0 spiro atoms. The summed E-state index contributed by atoms with van der Waals surface area (Å²) in [4.78, 5) is 26.4. The molecular formula is C23H22N8O. The quantitative estimate of drug-likeness (QED) is 0.484. The summed E-state index contributed by atoms with van der Waals surface area (Å²) in [6, 6.07) is 8.51. The highest BCUT2D eigenvalue weighted by Crippen LogP contribution is 2.36. The lowest BCUT2D eigenvalue weighted by Crippen LogP contribution is -2.32. The fourth-order valence-electron chi connectivity index (χ4n) is 4.40. The van der Waals surface area contributed by atoms with E-state index in [-0.39, 0.29) is 12.5 Å². The number of aromatic nitrogens is 6. The second-order valence-corrected chi connectivity index (χ2v) is 8.32. The zero-order valence-electron chi connectivity index (χ0n) is 17.7. The van der Waals surface area contributed by atoms with Gasteiger partial charge in [-0.25, -0.2) is 9.67 Å². The van der Waals surface area contributed by atoms with Gasteiger partial charge >= 0.3 is 0 Å². The Hall–Kier alpha value is -3.88. The smallest absolute Gasteiger partial charge is 0.248 e. The van der Waals surface area contributed by atoms with Gasteiger partial charge < -0.3 is 9.80 Å². The van der Waals surface area contributed by atoms with Crippen LogP contribution in [0.1, 0.15) is 18.4 Å². The number of carbonyl (C=O) groups is 1. The van der Waals surface area contributed by atoms with Crippen molar-refractivity contribution in [3.63, 3.8) is 0 Å². The topological polar surface area (TPSA) is 92.9 Å². The average molecular weight is 426 g/mol. The van der Waals surface area contributed by atoms with Crippen molar-refractivity contribution >= 4 is 28.6 Å². The highest BCUT2D eigenvalue weighted by molar-refractivity contribution is 5.97. The molecule has 1 aliphatic carbocycles. The van der Waals surface area contributed by atoms with Gasteiger partial charge in [0.1, 0.15) is 6.54 Å². The van der Waals surface area contributed by atoms with E-state index in [0.717, 1.165) is 34.2 Å². The van der Waals surface area contributed by atoms with Gasteiger partial charge in [-0.15, -0.1) is 0 Å². The normalized spacial score (nSPS) is 15.2. The summed E-state index contributed by atoms with van der Waals surface area (Å²) >= 11 is 0. The molecule has 1 aromatic carbocycles. The lowest BCUT2D eigenvalue weighted by atomic mass is 9.99. The van der Waals surface area contributed by atoms with Crippen molar-refractivity contribution in [3.05, 3.63) is 54.6 Å². The molecule has 1 saturated carbocycles. The summed E-state index contributed by atoms with van der Waals surface area (Å²) in [6.45, 7) is 0.779. The molecule has 0 unspecified atom stereocenters. The molecule has 9 heteroatoms. The van der Waals surface area contributed by atoms with E-state index in [2.05, 4.69) is 31.2 Å². The van der Waals surface area contributed by atoms with Gasteiger partial charge in [-0.3, -0.25) is 4.79 Å². The number of amides is 1. The van der Waals surface area contributed by atoms with E-state index in [1.54, 1.807) is 29.5 Å². The zero-order chi connectivity index (χ0) is 21.7. The van der Waals surface area contributed by atoms with E-state index in [1.807, 2.05) is 30.1 Å². The summed E-state index contributed by atoms with van der Waals surface area (Å²) in [6.07, 6.45) is 10.1. The van der Waals surface area contributed by atoms with Gasteiger partial charge in [0.25, 0.3) is 0 Å². The van der Waals surface area contributed by atoms with Crippen molar-refractivity contribution in [1.29, 1.82) is 0 Å². The molecule has 9 nitrogen and oxygen atoms in total. The van der Waals surface area contributed by atoms with Crippen molar-refractivity contribution in [3.8, 4) is 11.1 Å². The molecule has 0 saturated heterocycles. The number of fused-ring (bicyclic) bond motifs is 2. The first-order chi connectivity index (χ1) is 15.7. The van der Waals surface area contributed by atoms with Crippen molar-refractivity contribution in [2.24, 2.45) is 0 Å². The SMILES string of the molecule is CN(c1ncc2cnn(CC(=O)N3CCc4c(-c5ccnnc5)cccc43)c2n1)C1CC1. The Morgan fingerprint density at radius 2 is 2.06 bits per heavy atom. The third-order valence-corrected chi connectivity index (χ3v) is 6.28. The van der Waals surface area contributed by atoms with Crippen LogP contribution in [0.3, 0.4) is 0 Å². The second-order valence-electron chi connectivity index (χ2n) is 8.32. The van der Waals surface area contributed by atoms with Gasteiger partial charge in [0.2, 0.25) is 11.9 Å². The number of anilines is 2. The molecule has 1 aliphatic heterocycles. The number of hydrogen-bond acceptors (Lipinski definition) is 7. The van der Waals surface area contributed by atoms with Crippen molar-refractivity contribution in [2.45, 2.75) is 31.8 Å². The number of rotatable bonds is 5. The first kappa shape index (κ1) is 18.9. The van der Waals surface area contributed by atoms with Crippen LogP contribution < -0.4 is 9.80 Å². The Labute approximate surface area is 184 Å². The average Bonchev–Trinajstić information content (AvgIpc) is 3.47. The van der Waals surface area contributed by atoms with Crippen LogP contribution >= 0.6 is 0 Å². The maximum absolute atomic E-state index is 13.3. The Bertz CT molecular complexity index is 1310. The largest absolute Gasteiger partial charge is 0.341 e. The van der Waals surface area contributed by atoms with Crippen LogP contribution in [-0.2, 0) is 17.8 Å². The summed E-state index contributed by atoms with van der Waals surface area (Å²) in [5.74, 6) is 0.672. The number of hydrogen-bond donors (Lipinski definition) is 0. The minimum absolute atomic E-state index is 0.00513. The molecule has 0 bridgehead atoms. The molecule has 160 valence electrons. The van der Waals surface area contributed by atoms with Crippen LogP contribution in [0.15, 0.2) is 49.1 Å². The summed E-state index contributed by atoms with van der Waals surface area (Å²) in [5.41, 5.74) is 4.90. The van der Waals surface area contributed by atoms with Crippen LogP contribution in [0, 0.1) is 0 Å². The molecule has 32 heavy (non-hydrogen) atoms. The molecular weight excluding hydrogens is 404 g/mol. The molecule has 0 radical (unpaired) electrons. The Morgan fingerprint density at radius 3 is 2.88 bits per heavy atom. The number of benzene rings is 1. The minimum atomic E-state index is -0.00513. The van der Waals surface area contributed by atoms with E-state index in [9.17, 15) is 4.79 Å². The van der Waals surface area contributed by atoms with E-state index < -0.39 is 0 Å². The van der Waals surface area contributed by atoms with Crippen LogP contribution in [0.4, 0.5) is 11.6 Å². The van der Waals surface area contributed by atoms with Crippen LogP contribution in [0.5, 0.6) is 0 Å². The maximum atomic E-state index is 13.3. The Morgan fingerprint density at radius 1 is 1.16 bits per heavy atom. The highest BCUT2D eigenvalue weighted by Gasteiger charge is 2.29. The lowest BCUT2D eigenvalue weighted by molar-refractivity contribution is -0.119. The molecule has 3 aromatic heterocycles. The van der Waals surface area contributed by atoms with E-state index in [4.69, 9.17) is 4.98 Å². The second kappa shape index (κ2) is 7.37. The number of nitrogens with zero attached hydrogens (tertiary/aromatic N) is 8. The predicted molar refractivity (Wildman–Crippen MR) is 120 cm³/mol. The van der Waals surface area contributed by atoms with Gasteiger partial charge in [0.15, 0.2) is 5.65 Å². The summed E-state index contributed by atoms with van der Waals surface area (Å²) < 4.78 is 1.68. The zero-order valence-corrected chi connectivity index (χ0v) is 17.7. The van der Waals surface area contributed by atoms with Crippen LogP contribution in [0.2, 0.25) is 0 Å². The first-order valence-corrected chi connectivity index (χ1v) is 10.8. The Kier molecular flexibility index (Phi) is 4.34. The molecule has 4 aromatic rings. The van der Waals surface area contributed by atoms with Crippen molar-refractivity contribution in [2.75, 3.05) is 23.4 Å². The molecule has 1 fully saturated rings. The predicted octanol–water partition coefficient (Wildman–Crippen LogP) is 2.47. The fraction of sp³-hybridized carbons (Fsp3) is 0.304. The molecule has 2 aliphatic rings. The monoisotopic (exact) mass is 426 g/mol.